The molecule has 0 spiro atoms. The Morgan fingerprint density at radius 2 is 2.00 bits per heavy atom. The van der Waals surface area contributed by atoms with Crippen LogP contribution in [0.1, 0.15) is 19.4 Å². The molecule has 3 aromatic rings. The van der Waals surface area contributed by atoms with Crippen molar-refractivity contribution in [2.75, 3.05) is 30.9 Å². The standard InChI is InChI=1S/C21H22F2N6O3/c1-5-32-20-13-17(27-21(31-4)28-19(13)29-7-6-25-10(29)3)15(23)16(26-20)11-8-12(24)14(22)9(2)18(11)30/h6,8,10,30H,5,7,24H2,1-4H3. The van der Waals surface area contributed by atoms with Crippen molar-refractivity contribution in [3.63, 3.8) is 0 Å². The van der Waals surface area contributed by atoms with E-state index in [2.05, 4.69) is 19.9 Å². The Morgan fingerprint density at radius 3 is 2.62 bits per heavy atom. The monoisotopic (exact) mass is 444 g/mol. The molecule has 32 heavy (non-hydrogen) atoms. The molecule has 11 heteroatoms. The second kappa shape index (κ2) is 8.06. The fourth-order valence-electron chi connectivity index (χ4n) is 3.60. The van der Waals surface area contributed by atoms with Gasteiger partial charge in [-0.25, -0.2) is 13.8 Å². The molecule has 1 atom stereocenters. The first-order chi connectivity index (χ1) is 15.3. The average Bonchev–Trinajstić information content (AvgIpc) is 3.22. The van der Waals surface area contributed by atoms with Crippen molar-refractivity contribution >= 4 is 28.6 Å². The third-order valence-corrected chi connectivity index (χ3v) is 5.25. The molecule has 0 amide bonds. The molecular weight excluding hydrogens is 422 g/mol. The number of benzene rings is 1. The molecule has 4 rings (SSSR count). The number of aromatic nitrogens is 3. The highest BCUT2D eigenvalue weighted by molar-refractivity contribution is 5.98. The van der Waals surface area contributed by atoms with Gasteiger partial charge in [-0.1, -0.05) is 0 Å². The molecule has 0 fully saturated rings. The highest BCUT2D eigenvalue weighted by Gasteiger charge is 2.29. The van der Waals surface area contributed by atoms with Gasteiger partial charge in [-0.15, -0.1) is 0 Å². The minimum atomic E-state index is -0.862. The van der Waals surface area contributed by atoms with Crippen LogP contribution in [0, 0.1) is 18.6 Å². The van der Waals surface area contributed by atoms with Crippen molar-refractivity contribution in [2.45, 2.75) is 26.9 Å². The number of ether oxygens (including phenoxy) is 2. The van der Waals surface area contributed by atoms with Gasteiger partial charge < -0.3 is 25.2 Å². The number of nitrogens with two attached hydrogens (primary N) is 1. The molecule has 0 saturated heterocycles. The number of halogens is 2. The molecule has 1 unspecified atom stereocenters. The molecule has 2 aromatic heterocycles. The molecule has 1 aliphatic rings. The molecule has 0 saturated carbocycles. The number of pyridine rings is 1. The zero-order valence-electron chi connectivity index (χ0n) is 18.0. The largest absolute Gasteiger partial charge is 0.507 e. The topological polar surface area (TPSA) is 119 Å². The van der Waals surface area contributed by atoms with Crippen LogP contribution < -0.4 is 20.1 Å². The van der Waals surface area contributed by atoms with Gasteiger partial charge in [0.05, 0.1) is 25.9 Å². The summed E-state index contributed by atoms with van der Waals surface area (Å²) in [5.41, 5.74) is 4.85. The van der Waals surface area contributed by atoms with E-state index in [1.807, 2.05) is 11.8 Å². The number of rotatable bonds is 5. The second-order valence-electron chi connectivity index (χ2n) is 7.19. The Balaban J connectivity index is 2.08. The van der Waals surface area contributed by atoms with Gasteiger partial charge in [0.15, 0.2) is 17.5 Å². The van der Waals surface area contributed by atoms with E-state index in [1.165, 1.54) is 14.0 Å². The van der Waals surface area contributed by atoms with Gasteiger partial charge in [0.25, 0.3) is 0 Å². The first kappa shape index (κ1) is 21.5. The molecule has 1 aliphatic heterocycles. The summed E-state index contributed by atoms with van der Waals surface area (Å²) in [6.07, 6.45) is 1.48. The zero-order valence-corrected chi connectivity index (χ0v) is 18.0. The molecule has 3 N–H and O–H groups in total. The van der Waals surface area contributed by atoms with Crippen molar-refractivity contribution in [2.24, 2.45) is 4.99 Å². The predicted molar refractivity (Wildman–Crippen MR) is 117 cm³/mol. The number of phenolic OH excluding ortho intramolecular Hbond substituents is 1. The van der Waals surface area contributed by atoms with Crippen molar-refractivity contribution in [1.82, 2.24) is 15.0 Å². The average molecular weight is 444 g/mol. The summed E-state index contributed by atoms with van der Waals surface area (Å²) in [4.78, 5) is 19.1. The predicted octanol–water partition coefficient (Wildman–Crippen LogP) is 3.21. The number of aliphatic imine (C=N–C) groups is 1. The quantitative estimate of drug-likeness (QED) is 0.455. The van der Waals surface area contributed by atoms with E-state index in [9.17, 15) is 9.50 Å². The molecular formula is C21H22F2N6O3. The number of nitrogens with zero attached hydrogens (tertiary/aromatic N) is 5. The molecule has 9 nitrogen and oxygen atoms in total. The maximum Gasteiger partial charge on any atom is 0.318 e. The smallest absolute Gasteiger partial charge is 0.318 e. The number of hydrogen-bond acceptors (Lipinski definition) is 9. The fraction of sp³-hybridized carbons (Fsp3) is 0.333. The van der Waals surface area contributed by atoms with E-state index in [4.69, 9.17) is 15.2 Å². The van der Waals surface area contributed by atoms with E-state index >= 15 is 4.39 Å². The van der Waals surface area contributed by atoms with E-state index < -0.39 is 17.4 Å². The number of hydrogen-bond donors (Lipinski definition) is 2. The van der Waals surface area contributed by atoms with E-state index in [-0.39, 0.29) is 58.1 Å². The number of methoxy groups -OCH3 is 1. The molecule has 0 aliphatic carbocycles. The lowest BCUT2D eigenvalue weighted by Crippen LogP contribution is -2.29. The van der Waals surface area contributed by atoms with Crippen LogP contribution in [-0.4, -0.2) is 52.7 Å². The van der Waals surface area contributed by atoms with Crippen molar-refractivity contribution < 1.29 is 23.4 Å². The van der Waals surface area contributed by atoms with Gasteiger partial charge in [0.2, 0.25) is 5.88 Å². The zero-order chi connectivity index (χ0) is 23.2. The number of anilines is 2. The number of aromatic hydroxyl groups is 1. The Labute approximate surface area is 182 Å². The van der Waals surface area contributed by atoms with E-state index in [0.29, 0.717) is 12.4 Å². The van der Waals surface area contributed by atoms with Crippen LogP contribution >= 0.6 is 0 Å². The first-order valence-corrected chi connectivity index (χ1v) is 9.92. The third kappa shape index (κ3) is 3.29. The van der Waals surface area contributed by atoms with Crippen LogP contribution in [0.25, 0.3) is 22.2 Å². The normalized spacial score (nSPS) is 15.6. The minimum absolute atomic E-state index is 0.0515. The summed E-state index contributed by atoms with van der Waals surface area (Å²) in [5, 5.41) is 10.7. The van der Waals surface area contributed by atoms with E-state index in [0.717, 1.165) is 6.07 Å². The summed E-state index contributed by atoms with van der Waals surface area (Å²) in [7, 11) is 1.37. The lowest BCUT2D eigenvalue weighted by molar-refractivity contribution is 0.330. The van der Waals surface area contributed by atoms with Crippen LogP contribution in [0.3, 0.4) is 0 Å². The van der Waals surface area contributed by atoms with Crippen molar-refractivity contribution in [3.8, 4) is 28.9 Å². The summed E-state index contributed by atoms with van der Waals surface area (Å²) >= 11 is 0. The van der Waals surface area contributed by atoms with Gasteiger partial charge in [0.1, 0.15) is 28.5 Å². The number of fused-ring (bicyclic) bond motifs is 1. The molecule has 1 aromatic carbocycles. The van der Waals surface area contributed by atoms with E-state index in [1.54, 1.807) is 13.1 Å². The Hall–Kier alpha value is -3.76. The minimum Gasteiger partial charge on any atom is -0.507 e. The van der Waals surface area contributed by atoms with Crippen molar-refractivity contribution in [1.29, 1.82) is 0 Å². The van der Waals surface area contributed by atoms with Crippen LogP contribution in [-0.2, 0) is 0 Å². The molecule has 0 radical (unpaired) electrons. The van der Waals surface area contributed by atoms with Crippen LogP contribution in [0.5, 0.6) is 17.6 Å². The Morgan fingerprint density at radius 1 is 1.25 bits per heavy atom. The molecule has 168 valence electrons. The number of phenols is 1. The van der Waals surface area contributed by atoms with Gasteiger partial charge in [-0.2, -0.15) is 9.97 Å². The highest BCUT2D eigenvalue weighted by atomic mass is 19.1. The van der Waals surface area contributed by atoms with Gasteiger partial charge in [-0.3, -0.25) is 4.99 Å². The fourth-order valence-corrected chi connectivity index (χ4v) is 3.60. The molecule has 0 bridgehead atoms. The summed E-state index contributed by atoms with van der Waals surface area (Å²) in [6.45, 7) is 5.62. The Kier molecular flexibility index (Phi) is 5.41. The maximum atomic E-state index is 15.8. The summed E-state index contributed by atoms with van der Waals surface area (Å²) in [5.74, 6) is -1.73. The van der Waals surface area contributed by atoms with Crippen LogP contribution in [0.15, 0.2) is 11.1 Å². The molecule has 3 heterocycles. The first-order valence-electron chi connectivity index (χ1n) is 9.92. The highest BCUT2D eigenvalue weighted by Crippen LogP contribution is 2.42. The number of nitrogen functional groups attached to an aromatic ring is 1. The van der Waals surface area contributed by atoms with Crippen LogP contribution in [0.4, 0.5) is 20.3 Å². The maximum absolute atomic E-state index is 15.8. The second-order valence-corrected chi connectivity index (χ2v) is 7.19. The lowest BCUT2D eigenvalue weighted by Gasteiger charge is -2.24. The van der Waals surface area contributed by atoms with Gasteiger partial charge in [-0.05, 0) is 26.8 Å². The van der Waals surface area contributed by atoms with Gasteiger partial charge >= 0.3 is 6.01 Å². The van der Waals surface area contributed by atoms with Crippen LogP contribution in [0.2, 0.25) is 0 Å². The Bertz CT molecular complexity index is 1250. The van der Waals surface area contributed by atoms with Gasteiger partial charge in [0, 0.05) is 17.3 Å². The summed E-state index contributed by atoms with van der Waals surface area (Å²) in [6, 6.07) is 1.06. The van der Waals surface area contributed by atoms with Crippen molar-refractivity contribution in [3.05, 3.63) is 23.3 Å². The summed E-state index contributed by atoms with van der Waals surface area (Å²) < 4.78 is 40.9. The third-order valence-electron chi connectivity index (χ3n) is 5.25. The SMILES string of the molecule is CCOc1nc(-c2cc(N)c(F)c(C)c2O)c(F)c2nc(OC)nc(N3CC=NC3C)c12. The lowest BCUT2D eigenvalue weighted by atomic mass is 10.0.